The van der Waals surface area contributed by atoms with E-state index in [0.29, 0.717) is 43.5 Å². The van der Waals surface area contributed by atoms with Gasteiger partial charge in [-0.25, -0.2) is 4.79 Å². The molecule has 1 atom stereocenters. The zero-order chi connectivity index (χ0) is 29.5. The van der Waals surface area contributed by atoms with Crippen LogP contribution in [0.2, 0.25) is 0 Å². The summed E-state index contributed by atoms with van der Waals surface area (Å²) in [6, 6.07) is 23.5. The summed E-state index contributed by atoms with van der Waals surface area (Å²) in [6.45, 7) is 10.3. The van der Waals surface area contributed by atoms with Crippen LogP contribution in [-0.2, 0) is 29.2 Å². The van der Waals surface area contributed by atoms with Crippen molar-refractivity contribution in [1.82, 2.24) is 15.1 Å². The number of nitrogens with one attached hydrogen (secondary N) is 1. The lowest BCUT2D eigenvalue weighted by atomic mass is 10.1. The van der Waals surface area contributed by atoms with Crippen molar-refractivity contribution in [3.05, 3.63) is 89.5 Å². The first kappa shape index (κ1) is 29.3. The molecule has 1 N–H and O–H groups in total. The van der Waals surface area contributed by atoms with Crippen molar-refractivity contribution in [3.8, 4) is 17.2 Å². The largest absolute Gasteiger partial charge is 0.489 e. The maximum atomic E-state index is 12.9. The molecule has 0 spiro atoms. The van der Waals surface area contributed by atoms with Gasteiger partial charge >= 0.3 is 6.09 Å². The number of hydrogen-bond acceptors (Lipinski definition) is 7. The highest BCUT2D eigenvalue weighted by atomic mass is 16.6. The van der Waals surface area contributed by atoms with Crippen LogP contribution in [0.5, 0.6) is 17.2 Å². The second kappa shape index (κ2) is 13.2. The molecule has 0 bridgehead atoms. The highest BCUT2D eigenvalue weighted by molar-refractivity contribution is 5.81. The van der Waals surface area contributed by atoms with Gasteiger partial charge in [-0.1, -0.05) is 54.6 Å². The summed E-state index contributed by atoms with van der Waals surface area (Å²) in [5.74, 6) is 1.49. The van der Waals surface area contributed by atoms with Crippen molar-refractivity contribution in [2.75, 3.05) is 32.8 Å². The topological polar surface area (TPSA) is 89.6 Å². The van der Waals surface area contributed by atoms with Crippen LogP contribution in [0.25, 0.3) is 0 Å². The number of benzene rings is 3. The quantitative estimate of drug-likeness (QED) is 0.415. The average molecular weight is 574 g/mol. The van der Waals surface area contributed by atoms with Gasteiger partial charge in [0.2, 0.25) is 6.10 Å². The first-order valence-corrected chi connectivity index (χ1v) is 14.4. The summed E-state index contributed by atoms with van der Waals surface area (Å²) < 4.78 is 23.1. The van der Waals surface area contributed by atoms with Crippen molar-refractivity contribution in [2.24, 2.45) is 0 Å². The highest BCUT2D eigenvalue weighted by Crippen LogP contribution is 2.35. The minimum Gasteiger partial charge on any atom is -0.489 e. The van der Waals surface area contributed by atoms with Gasteiger partial charge in [0.15, 0.2) is 11.5 Å². The lowest BCUT2D eigenvalue weighted by molar-refractivity contribution is -0.130. The van der Waals surface area contributed by atoms with E-state index in [-0.39, 0.29) is 18.6 Å². The van der Waals surface area contributed by atoms with E-state index >= 15 is 0 Å². The van der Waals surface area contributed by atoms with Crippen LogP contribution in [0.4, 0.5) is 4.79 Å². The molecule has 0 saturated carbocycles. The predicted molar refractivity (Wildman–Crippen MR) is 158 cm³/mol. The number of amides is 2. The van der Waals surface area contributed by atoms with E-state index in [1.165, 1.54) is 5.56 Å². The molecule has 1 fully saturated rings. The van der Waals surface area contributed by atoms with Gasteiger partial charge in [-0.15, -0.1) is 0 Å². The van der Waals surface area contributed by atoms with Crippen LogP contribution in [0.1, 0.15) is 37.5 Å². The fourth-order valence-corrected chi connectivity index (χ4v) is 4.75. The smallest absolute Gasteiger partial charge is 0.410 e. The van der Waals surface area contributed by atoms with Gasteiger partial charge in [0, 0.05) is 45.3 Å². The number of nitrogens with zero attached hydrogens (tertiary/aromatic N) is 2. The second-order valence-corrected chi connectivity index (χ2v) is 11.6. The van der Waals surface area contributed by atoms with Crippen molar-refractivity contribution in [1.29, 1.82) is 0 Å². The van der Waals surface area contributed by atoms with E-state index in [1.807, 2.05) is 69.3 Å². The molecule has 3 aromatic carbocycles. The normalized spacial score (nSPS) is 16.9. The summed E-state index contributed by atoms with van der Waals surface area (Å²) in [6.07, 6.45) is -0.999. The Bertz CT molecular complexity index is 1350. The zero-order valence-electron chi connectivity index (χ0n) is 24.5. The van der Waals surface area contributed by atoms with Crippen molar-refractivity contribution in [3.63, 3.8) is 0 Å². The number of hydrogen-bond donors (Lipinski definition) is 1. The van der Waals surface area contributed by atoms with Gasteiger partial charge in [0.05, 0.1) is 0 Å². The number of carbonyl (C=O) groups excluding carboxylic acids is 2. The number of ether oxygens (including phenoxy) is 4. The Kier molecular flexibility index (Phi) is 9.17. The average Bonchev–Trinajstić information content (AvgIpc) is 2.99. The molecule has 2 amide bonds. The van der Waals surface area contributed by atoms with Crippen molar-refractivity contribution >= 4 is 12.0 Å². The molecule has 0 aromatic heterocycles. The SMILES string of the molecule is CC(C)(C)OC(=O)N1CCN(Cc2ccc(CNC(=O)C3COc4ccc(OCc5ccccc5)cc4O3)cc2)CC1. The minimum atomic E-state index is -0.750. The van der Waals surface area contributed by atoms with E-state index in [1.54, 1.807) is 17.0 Å². The van der Waals surface area contributed by atoms with E-state index < -0.39 is 11.7 Å². The monoisotopic (exact) mass is 573 g/mol. The third-order valence-corrected chi connectivity index (χ3v) is 7.04. The molecule has 9 nitrogen and oxygen atoms in total. The number of rotatable bonds is 8. The summed E-state index contributed by atoms with van der Waals surface area (Å²) in [5, 5.41) is 2.96. The zero-order valence-corrected chi connectivity index (χ0v) is 24.5. The fourth-order valence-electron chi connectivity index (χ4n) is 4.75. The molecule has 2 aliphatic heterocycles. The molecule has 1 unspecified atom stereocenters. The maximum Gasteiger partial charge on any atom is 0.410 e. The van der Waals surface area contributed by atoms with E-state index in [2.05, 4.69) is 22.3 Å². The Morgan fingerprint density at radius 3 is 2.31 bits per heavy atom. The molecular weight excluding hydrogens is 534 g/mol. The molecule has 0 aliphatic carbocycles. The summed E-state index contributed by atoms with van der Waals surface area (Å²) >= 11 is 0. The molecule has 222 valence electrons. The van der Waals surface area contributed by atoms with Crippen LogP contribution in [0.15, 0.2) is 72.8 Å². The van der Waals surface area contributed by atoms with Crippen LogP contribution in [0, 0.1) is 0 Å². The lowest BCUT2D eigenvalue weighted by Gasteiger charge is -2.35. The van der Waals surface area contributed by atoms with Gasteiger partial charge in [-0.3, -0.25) is 9.69 Å². The van der Waals surface area contributed by atoms with E-state index in [4.69, 9.17) is 18.9 Å². The summed E-state index contributed by atoms with van der Waals surface area (Å²) in [7, 11) is 0. The van der Waals surface area contributed by atoms with Crippen LogP contribution in [-0.4, -0.2) is 66.3 Å². The molecule has 3 aromatic rings. The third-order valence-electron chi connectivity index (χ3n) is 7.04. The van der Waals surface area contributed by atoms with Crippen LogP contribution < -0.4 is 19.5 Å². The number of fused-ring (bicyclic) bond motifs is 1. The number of piperazine rings is 1. The Balaban J connectivity index is 1.05. The molecule has 42 heavy (non-hydrogen) atoms. The molecule has 2 heterocycles. The Hall–Kier alpha value is -4.24. The lowest BCUT2D eigenvalue weighted by Crippen LogP contribution is -2.49. The van der Waals surface area contributed by atoms with Crippen LogP contribution >= 0.6 is 0 Å². The molecule has 2 aliphatic rings. The molecule has 0 radical (unpaired) electrons. The maximum absolute atomic E-state index is 12.9. The molecular formula is C33H39N3O6. The summed E-state index contributed by atoms with van der Waals surface area (Å²) in [5.41, 5.74) is 2.76. The molecule has 1 saturated heterocycles. The van der Waals surface area contributed by atoms with E-state index in [9.17, 15) is 9.59 Å². The predicted octanol–water partition coefficient (Wildman–Crippen LogP) is 4.77. The molecule has 5 rings (SSSR count). The Morgan fingerprint density at radius 2 is 1.60 bits per heavy atom. The van der Waals surface area contributed by atoms with Crippen LogP contribution in [0.3, 0.4) is 0 Å². The highest BCUT2D eigenvalue weighted by Gasteiger charge is 2.28. The fraction of sp³-hybridized carbons (Fsp3) is 0.394. The standard InChI is InChI=1S/C33H39N3O6/c1-33(2,3)42-32(38)36-17-15-35(16-18-36)21-25-11-9-24(10-12-25)20-34-31(37)30-23-40-28-14-13-27(19-29(28)41-30)39-22-26-7-5-4-6-8-26/h4-14,19,30H,15-18,20-23H2,1-3H3,(H,34,37). The number of carbonyl (C=O) groups is 2. The van der Waals surface area contributed by atoms with Gasteiger partial charge in [-0.2, -0.15) is 0 Å². The third kappa shape index (κ3) is 8.16. The summed E-state index contributed by atoms with van der Waals surface area (Å²) in [4.78, 5) is 29.3. The van der Waals surface area contributed by atoms with Gasteiger partial charge in [0.1, 0.15) is 24.6 Å². The van der Waals surface area contributed by atoms with Gasteiger partial charge < -0.3 is 29.2 Å². The van der Waals surface area contributed by atoms with Crippen molar-refractivity contribution < 1.29 is 28.5 Å². The van der Waals surface area contributed by atoms with E-state index in [0.717, 1.165) is 30.8 Å². The molecule has 9 heteroatoms. The first-order chi connectivity index (χ1) is 20.2. The Morgan fingerprint density at radius 1 is 0.881 bits per heavy atom. The van der Waals surface area contributed by atoms with Crippen molar-refractivity contribution in [2.45, 2.75) is 52.2 Å². The van der Waals surface area contributed by atoms with Gasteiger partial charge in [0.25, 0.3) is 5.91 Å². The minimum absolute atomic E-state index is 0.142. The second-order valence-electron chi connectivity index (χ2n) is 11.6. The first-order valence-electron chi connectivity index (χ1n) is 14.4. The van der Waals surface area contributed by atoms with Gasteiger partial charge in [-0.05, 0) is 49.6 Å². The Labute approximate surface area is 247 Å².